The van der Waals surface area contributed by atoms with E-state index in [1.54, 1.807) is 19.2 Å². The summed E-state index contributed by atoms with van der Waals surface area (Å²) in [5.74, 6) is 5.15. The Labute approximate surface area is 337 Å². The van der Waals surface area contributed by atoms with Gasteiger partial charge in [0.2, 0.25) is 0 Å². The van der Waals surface area contributed by atoms with Gasteiger partial charge in [0.25, 0.3) is 0 Å². The lowest BCUT2D eigenvalue weighted by Crippen LogP contribution is -2.31. The number of imidazole rings is 2. The number of fused-ring (bicyclic) bond motifs is 2. The van der Waals surface area contributed by atoms with Crippen LogP contribution in [0.1, 0.15) is 83.2 Å². The van der Waals surface area contributed by atoms with E-state index in [4.69, 9.17) is 29.1 Å². The lowest BCUT2D eigenvalue weighted by atomic mass is 9.78. The fourth-order valence-electron chi connectivity index (χ4n) is 7.16. The van der Waals surface area contributed by atoms with Gasteiger partial charge in [-0.2, -0.15) is 0 Å². The van der Waals surface area contributed by atoms with Gasteiger partial charge in [0.15, 0.2) is 0 Å². The van der Waals surface area contributed by atoms with Gasteiger partial charge in [-0.05, 0) is 159 Å². The van der Waals surface area contributed by atoms with Crippen molar-refractivity contribution in [3.8, 4) is 33.4 Å². The zero-order chi connectivity index (χ0) is 39.2. The van der Waals surface area contributed by atoms with Gasteiger partial charge >= 0.3 is 7.12 Å². The van der Waals surface area contributed by atoms with Crippen molar-refractivity contribution in [2.45, 2.75) is 79.1 Å². The Kier molecular flexibility index (Phi) is 10.4. The minimum absolute atomic E-state index is 0.509. The van der Waals surface area contributed by atoms with Gasteiger partial charge in [0, 0.05) is 56.9 Å². The Balaban J connectivity index is 0.000000130. The maximum Gasteiger partial charge on any atom is 0.488 e. The van der Waals surface area contributed by atoms with Crippen LogP contribution < -0.4 is 5.46 Å². The first kappa shape index (κ1) is 37.7. The average Bonchev–Trinajstić information content (AvgIpc) is 4.06. The van der Waals surface area contributed by atoms with Crippen molar-refractivity contribution in [2.75, 3.05) is 0 Å². The van der Waals surface area contributed by atoms with Crippen molar-refractivity contribution in [1.82, 2.24) is 40.2 Å². The number of aromatic amines is 2. The van der Waals surface area contributed by atoms with Crippen molar-refractivity contribution in [1.29, 1.82) is 0 Å². The average molecular weight is 861 g/mol. The van der Waals surface area contributed by atoms with Crippen molar-refractivity contribution >= 4 is 57.2 Å². The highest BCUT2D eigenvalue weighted by atomic mass is 127. The first-order chi connectivity index (χ1) is 27.0. The summed E-state index contributed by atoms with van der Waals surface area (Å²) in [6.45, 7) is 11.7. The monoisotopic (exact) mass is 860 g/mol. The number of aromatic nitrogens is 8. The summed E-state index contributed by atoms with van der Waals surface area (Å²) in [6, 6.07) is 12.3. The van der Waals surface area contributed by atoms with E-state index >= 15 is 0 Å². The SMILES string of the molecule is Cc1cnccc1-c1cc(-c2c(C)noc2C)cc2[nH]c(C3CC3)nc12.Cc1cnccc1B(O)O.Cc1noc(C)c1-c1cc(I)c2nc(C3CC3)[nH]c2c1. The van der Waals surface area contributed by atoms with Gasteiger partial charge in [-0.25, -0.2) is 9.97 Å². The summed E-state index contributed by atoms with van der Waals surface area (Å²) in [7, 11) is -1.39. The lowest BCUT2D eigenvalue weighted by molar-refractivity contribution is 0.393. The number of nitrogens with zero attached hydrogens (tertiary/aromatic N) is 6. The molecule has 8 aromatic rings. The van der Waals surface area contributed by atoms with Crippen molar-refractivity contribution < 1.29 is 19.1 Å². The topological polar surface area (TPSA) is 176 Å². The first-order valence-corrected chi connectivity index (χ1v) is 19.8. The number of aryl methyl sites for hydroxylation is 6. The molecule has 0 amide bonds. The van der Waals surface area contributed by atoms with Crippen LogP contribution in [0.4, 0.5) is 0 Å². The van der Waals surface area contributed by atoms with Crippen LogP contribution in [-0.2, 0) is 0 Å². The fraction of sp³-hybridized carbons (Fsp3) is 0.286. The van der Waals surface area contributed by atoms with E-state index in [9.17, 15) is 0 Å². The Morgan fingerprint density at radius 2 is 1.18 bits per heavy atom. The molecule has 2 fully saturated rings. The van der Waals surface area contributed by atoms with E-state index in [0.717, 1.165) is 101 Å². The van der Waals surface area contributed by atoms with Gasteiger partial charge in [0.1, 0.15) is 28.7 Å². The maximum atomic E-state index is 8.73. The van der Waals surface area contributed by atoms with Gasteiger partial charge in [0.05, 0.1) is 27.9 Å². The molecule has 14 heteroatoms. The number of nitrogens with one attached hydrogen (secondary N) is 2. The summed E-state index contributed by atoms with van der Waals surface area (Å²) in [6.07, 6.45) is 11.8. The quantitative estimate of drug-likeness (QED) is 0.0938. The standard InChI is InChI=1S/C21H20N4O.C15H14IN3O.C6H8BNO2/c1-11-10-22-7-6-16(11)17-8-15(19-12(2)25-26-13(19)3)9-18-20(17)24-21(23-18)14-4-5-14;1-7-13(8(2)20-19-7)10-5-11(16)14-12(6-10)17-15(18-14)9-3-4-9;1-5-4-8-3-2-6(5)7(9)10/h6-10,14H,4-5H2,1-3H3,(H,23,24);5-6,9H,3-4H2,1-2H3,(H,17,18);2-4,9-10H,1H3. The fourth-order valence-corrected chi connectivity index (χ4v) is 7.91. The number of pyridine rings is 2. The molecule has 2 aliphatic carbocycles. The molecule has 0 atom stereocenters. The van der Waals surface area contributed by atoms with Gasteiger partial charge in [-0.1, -0.05) is 10.3 Å². The minimum atomic E-state index is -1.39. The normalized spacial score (nSPS) is 13.7. The van der Waals surface area contributed by atoms with E-state index in [1.807, 2.05) is 40.1 Å². The highest BCUT2D eigenvalue weighted by Gasteiger charge is 2.29. The molecule has 6 heterocycles. The van der Waals surface area contributed by atoms with Crippen LogP contribution in [0.5, 0.6) is 0 Å². The number of hydrogen-bond donors (Lipinski definition) is 4. The number of benzene rings is 2. The van der Waals surface area contributed by atoms with Crippen molar-refractivity contribution in [3.63, 3.8) is 0 Å². The molecule has 0 saturated heterocycles. The molecule has 6 aromatic heterocycles. The lowest BCUT2D eigenvalue weighted by Gasteiger charge is -2.09. The third kappa shape index (κ3) is 7.65. The second-order valence-electron chi connectivity index (χ2n) is 14.8. The molecule has 0 aliphatic heterocycles. The van der Waals surface area contributed by atoms with E-state index < -0.39 is 7.12 Å². The van der Waals surface area contributed by atoms with Crippen LogP contribution in [-0.4, -0.2) is 57.4 Å². The molecular formula is C42H42BIN8O4. The van der Waals surface area contributed by atoms with Crippen molar-refractivity contribution in [2.24, 2.45) is 0 Å². The second-order valence-corrected chi connectivity index (χ2v) is 15.9. The Hall–Kier alpha value is -5.19. The molecule has 2 aromatic carbocycles. The summed E-state index contributed by atoms with van der Waals surface area (Å²) in [5.41, 5.74) is 15.2. The number of hydrogen-bond acceptors (Lipinski definition) is 10. The maximum absolute atomic E-state index is 8.73. The first-order valence-electron chi connectivity index (χ1n) is 18.7. The molecule has 12 nitrogen and oxygen atoms in total. The van der Waals surface area contributed by atoms with Crippen LogP contribution in [0.2, 0.25) is 0 Å². The molecule has 0 bridgehead atoms. The summed E-state index contributed by atoms with van der Waals surface area (Å²) in [4.78, 5) is 24.8. The third-order valence-electron chi connectivity index (χ3n) is 10.4. The Morgan fingerprint density at radius 3 is 1.66 bits per heavy atom. The van der Waals surface area contributed by atoms with Crippen LogP contribution >= 0.6 is 22.6 Å². The van der Waals surface area contributed by atoms with Crippen LogP contribution in [0.25, 0.3) is 55.4 Å². The van der Waals surface area contributed by atoms with Crippen LogP contribution in [0, 0.1) is 45.1 Å². The highest BCUT2D eigenvalue weighted by molar-refractivity contribution is 14.1. The zero-order valence-electron chi connectivity index (χ0n) is 32.1. The van der Waals surface area contributed by atoms with Crippen LogP contribution in [0.3, 0.4) is 0 Å². The van der Waals surface area contributed by atoms with Crippen LogP contribution in [0.15, 0.2) is 70.2 Å². The van der Waals surface area contributed by atoms with E-state index in [0.29, 0.717) is 17.3 Å². The van der Waals surface area contributed by atoms with E-state index in [2.05, 4.69) is 90.1 Å². The predicted molar refractivity (Wildman–Crippen MR) is 226 cm³/mol. The second kappa shape index (κ2) is 15.4. The predicted octanol–water partition coefficient (Wildman–Crippen LogP) is 8.47. The zero-order valence-corrected chi connectivity index (χ0v) is 34.3. The van der Waals surface area contributed by atoms with Gasteiger partial charge in [-0.15, -0.1) is 0 Å². The third-order valence-corrected chi connectivity index (χ3v) is 11.2. The summed E-state index contributed by atoms with van der Waals surface area (Å²) in [5, 5.41) is 25.6. The van der Waals surface area contributed by atoms with Gasteiger partial charge in [-0.3, -0.25) is 9.97 Å². The summed E-state index contributed by atoms with van der Waals surface area (Å²) >= 11 is 2.36. The molecule has 0 spiro atoms. The largest absolute Gasteiger partial charge is 0.488 e. The van der Waals surface area contributed by atoms with E-state index in [-0.39, 0.29) is 0 Å². The molecule has 56 heavy (non-hydrogen) atoms. The number of rotatable bonds is 6. The Morgan fingerprint density at radius 1 is 0.661 bits per heavy atom. The van der Waals surface area contributed by atoms with Gasteiger partial charge < -0.3 is 29.1 Å². The number of halogens is 1. The smallest absolute Gasteiger partial charge is 0.423 e. The molecule has 284 valence electrons. The molecule has 2 aliphatic rings. The molecule has 4 N–H and O–H groups in total. The molecule has 10 rings (SSSR count). The molecule has 2 saturated carbocycles. The van der Waals surface area contributed by atoms with Crippen molar-refractivity contribution in [3.05, 3.63) is 110 Å². The summed E-state index contributed by atoms with van der Waals surface area (Å²) < 4.78 is 11.8. The van der Waals surface area contributed by atoms with E-state index in [1.165, 1.54) is 35.5 Å². The Bertz CT molecular complexity index is 2670. The minimum Gasteiger partial charge on any atom is -0.423 e. The molecule has 0 unspecified atom stereocenters. The highest BCUT2D eigenvalue weighted by Crippen LogP contribution is 2.43. The molecular weight excluding hydrogens is 818 g/mol. The number of H-pyrrole nitrogens is 2. The molecule has 0 radical (unpaired) electrons.